The third kappa shape index (κ3) is 4.70. The standard InChI is InChI=1S/C40H36S3/c1-21-9-13-29(14-10-21)33-35(31-25(5)17-23(3)18-26(31)6)41-39-37(33)43-38-34(30-15-11-22(2)12-16-30)36(42-40(38)39)32-27(7)19-24(4)20-28(32)8/h9-20H,1-8H3. The van der Waals surface area contributed by atoms with Gasteiger partial charge in [0.05, 0.1) is 18.8 Å². The van der Waals surface area contributed by atoms with E-state index in [1.807, 2.05) is 34.0 Å². The summed E-state index contributed by atoms with van der Waals surface area (Å²) in [4.78, 5) is 2.80. The van der Waals surface area contributed by atoms with Crippen molar-refractivity contribution >= 4 is 52.8 Å². The molecule has 0 aliphatic rings. The minimum atomic E-state index is 1.29. The van der Waals surface area contributed by atoms with Crippen LogP contribution in [0.1, 0.15) is 44.5 Å². The number of hydrogen-bond donors (Lipinski definition) is 0. The lowest BCUT2D eigenvalue weighted by molar-refractivity contribution is 1.33. The van der Waals surface area contributed by atoms with Gasteiger partial charge >= 0.3 is 0 Å². The number of benzene rings is 4. The van der Waals surface area contributed by atoms with Gasteiger partial charge in [0, 0.05) is 20.9 Å². The first-order valence-electron chi connectivity index (χ1n) is 14.9. The molecule has 0 unspecified atom stereocenters. The van der Waals surface area contributed by atoms with Crippen LogP contribution in [0.25, 0.3) is 61.9 Å². The summed E-state index contributed by atoms with van der Waals surface area (Å²) < 4.78 is 5.69. The van der Waals surface area contributed by atoms with Crippen LogP contribution in [-0.4, -0.2) is 0 Å². The molecule has 0 aliphatic carbocycles. The lowest BCUT2D eigenvalue weighted by atomic mass is 9.94. The Bertz CT molecular complexity index is 1980. The van der Waals surface area contributed by atoms with Gasteiger partial charge in [0.2, 0.25) is 0 Å². The number of fused-ring (bicyclic) bond motifs is 3. The van der Waals surface area contributed by atoms with Crippen molar-refractivity contribution in [3.63, 3.8) is 0 Å². The number of rotatable bonds is 4. The summed E-state index contributed by atoms with van der Waals surface area (Å²) in [6.07, 6.45) is 0. The molecule has 0 nitrogen and oxygen atoms in total. The lowest BCUT2D eigenvalue weighted by Gasteiger charge is -2.13. The fraction of sp³-hybridized carbons (Fsp3) is 0.200. The molecule has 0 amide bonds. The molecular weight excluding hydrogens is 577 g/mol. The Kier molecular flexibility index (Phi) is 6.97. The van der Waals surface area contributed by atoms with E-state index in [4.69, 9.17) is 0 Å². The summed E-state index contributed by atoms with van der Waals surface area (Å²) in [5, 5.41) is 0. The first-order chi connectivity index (χ1) is 20.6. The molecule has 7 aromatic rings. The van der Waals surface area contributed by atoms with E-state index in [0.717, 1.165) is 0 Å². The van der Waals surface area contributed by atoms with Crippen molar-refractivity contribution in [2.24, 2.45) is 0 Å². The zero-order valence-corrected chi connectivity index (χ0v) is 28.6. The van der Waals surface area contributed by atoms with Crippen LogP contribution in [0.2, 0.25) is 0 Å². The molecule has 0 atom stereocenters. The molecule has 3 heterocycles. The van der Waals surface area contributed by atoms with E-state index in [2.05, 4.69) is 128 Å². The molecular formula is C40H36S3. The minimum absolute atomic E-state index is 1.29. The SMILES string of the molecule is Cc1ccc(-c2c(-c3c(C)cc(C)cc3C)sc3c2sc2c(-c4ccc(C)cc4)c(-c4c(C)cc(C)cc4C)sc23)cc1. The summed E-state index contributed by atoms with van der Waals surface area (Å²) in [6, 6.07) is 27.7. The maximum atomic E-state index is 2.34. The highest BCUT2D eigenvalue weighted by Crippen LogP contribution is 2.58. The van der Waals surface area contributed by atoms with Gasteiger partial charge in [-0.3, -0.25) is 0 Å². The number of hydrogen-bond acceptors (Lipinski definition) is 3. The first kappa shape index (κ1) is 28.3. The fourth-order valence-electron chi connectivity index (χ4n) is 6.82. The predicted molar refractivity (Wildman–Crippen MR) is 195 cm³/mol. The van der Waals surface area contributed by atoms with Crippen molar-refractivity contribution < 1.29 is 0 Å². The van der Waals surface area contributed by atoms with Gasteiger partial charge in [-0.25, -0.2) is 0 Å². The Morgan fingerprint density at radius 1 is 0.326 bits per heavy atom. The molecule has 0 saturated heterocycles. The van der Waals surface area contributed by atoms with Crippen molar-refractivity contribution in [3.8, 4) is 43.1 Å². The monoisotopic (exact) mass is 612 g/mol. The molecule has 4 aromatic carbocycles. The van der Waals surface area contributed by atoms with Crippen LogP contribution in [0, 0.1) is 55.4 Å². The Morgan fingerprint density at radius 2 is 0.651 bits per heavy atom. The highest BCUT2D eigenvalue weighted by molar-refractivity contribution is 7.41. The molecule has 0 bridgehead atoms. The van der Waals surface area contributed by atoms with E-state index in [1.165, 1.54) is 106 Å². The van der Waals surface area contributed by atoms with Crippen molar-refractivity contribution in [2.45, 2.75) is 55.4 Å². The van der Waals surface area contributed by atoms with Gasteiger partial charge in [-0.15, -0.1) is 34.0 Å². The molecule has 0 saturated carbocycles. The van der Waals surface area contributed by atoms with Crippen LogP contribution in [0.5, 0.6) is 0 Å². The Labute approximate surface area is 267 Å². The quantitative estimate of drug-likeness (QED) is 0.185. The normalized spacial score (nSPS) is 11.7. The Morgan fingerprint density at radius 3 is 0.977 bits per heavy atom. The van der Waals surface area contributed by atoms with Gasteiger partial charge in [0.15, 0.2) is 0 Å². The molecule has 0 spiro atoms. The van der Waals surface area contributed by atoms with E-state index in [9.17, 15) is 0 Å². The molecule has 3 heteroatoms. The zero-order valence-electron chi connectivity index (χ0n) is 26.2. The van der Waals surface area contributed by atoms with Gasteiger partial charge < -0.3 is 0 Å². The molecule has 0 aliphatic heterocycles. The molecule has 43 heavy (non-hydrogen) atoms. The van der Waals surface area contributed by atoms with E-state index >= 15 is 0 Å². The van der Waals surface area contributed by atoms with E-state index in [-0.39, 0.29) is 0 Å². The summed E-state index contributed by atoms with van der Waals surface area (Å²) in [6.45, 7) is 17.9. The summed E-state index contributed by atoms with van der Waals surface area (Å²) in [5.41, 5.74) is 18.8. The zero-order chi connectivity index (χ0) is 30.2. The van der Waals surface area contributed by atoms with Gasteiger partial charge in [0.1, 0.15) is 0 Å². The Balaban J connectivity index is 1.60. The van der Waals surface area contributed by atoms with Crippen molar-refractivity contribution in [1.82, 2.24) is 0 Å². The average molecular weight is 613 g/mol. The minimum Gasteiger partial charge on any atom is -0.132 e. The van der Waals surface area contributed by atoms with E-state index in [0.29, 0.717) is 0 Å². The maximum Gasteiger partial charge on any atom is 0.0642 e. The fourth-order valence-corrected chi connectivity index (χ4v) is 11.7. The molecule has 0 radical (unpaired) electrons. The second-order valence-electron chi connectivity index (χ2n) is 12.3. The summed E-state index contributed by atoms with van der Waals surface area (Å²) in [7, 11) is 0. The van der Waals surface area contributed by atoms with Crippen LogP contribution in [0.4, 0.5) is 0 Å². The topological polar surface area (TPSA) is 0 Å². The van der Waals surface area contributed by atoms with Crippen LogP contribution in [-0.2, 0) is 0 Å². The first-order valence-corrected chi connectivity index (χ1v) is 17.4. The third-order valence-electron chi connectivity index (χ3n) is 8.63. The lowest BCUT2D eigenvalue weighted by Crippen LogP contribution is -1.90. The highest BCUT2D eigenvalue weighted by Gasteiger charge is 2.27. The largest absolute Gasteiger partial charge is 0.132 e. The molecule has 0 N–H and O–H groups in total. The number of thiophene rings is 3. The van der Waals surface area contributed by atoms with E-state index in [1.54, 1.807) is 0 Å². The maximum absolute atomic E-state index is 2.34. The number of aryl methyl sites for hydroxylation is 8. The molecule has 214 valence electrons. The highest BCUT2D eigenvalue weighted by atomic mass is 32.1. The smallest absolute Gasteiger partial charge is 0.0642 e. The average Bonchev–Trinajstić information content (AvgIpc) is 3.57. The van der Waals surface area contributed by atoms with Crippen molar-refractivity contribution in [2.75, 3.05) is 0 Å². The van der Waals surface area contributed by atoms with Gasteiger partial charge in [0.25, 0.3) is 0 Å². The summed E-state index contributed by atoms with van der Waals surface area (Å²) >= 11 is 5.98. The predicted octanol–water partition coefficient (Wildman–Crippen LogP) is 13.3. The second kappa shape index (κ2) is 10.6. The van der Waals surface area contributed by atoms with Crippen LogP contribution in [0.15, 0.2) is 72.8 Å². The molecule has 3 aromatic heterocycles. The summed E-state index contributed by atoms with van der Waals surface area (Å²) in [5.74, 6) is 0. The van der Waals surface area contributed by atoms with E-state index < -0.39 is 0 Å². The van der Waals surface area contributed by atoms with Crippen LogP contribution >= 0.6 is 34.0 Å². The molecule has 0 fully saturated rings. The van der Waals surface area contributed by atoms with Crippen molar-refractivity contribution in [1.29, 1.82) is 0 Å². The van der Waals surface area contributed by atoms with Gasteiger partial charge in [-0.05, 0) is 99.9 Å². The second-order valence-corrected chi connectivity index (χ2v) is 15.4. The third-order valence-corrected chi connectivity index (χ3v) is 12.7. The van der Waals surface area contributed by atoms with Crippen LogP contribution in [0.3, 0.4) is 0 Å². The Hall–Kier alpha value is -3.50. The van der Waals surface area contributed by atoms with Gasteiger partial charge in [-0.1, -0.05) is 95.1 Å². The molecule has 7 rings (SSSR count). The van der Waals surface area contributed by atoms with Crippen LogP contribution < -0.4 is 0 Å². The van der Waals surface area contributed by atoms with Gasteiger partial charge in [-0.2, -0.15) is 0 Å². The van der Waals surface area contributed by atoms with Crippen molar-refractivity contribution in [3.05, 3.63) is 117 Å².